The first kappa shape index (κ1) is 14.2. The van der Waals surface area contributed by atoms with Crippen LogP contribution in [0.25, 0.3) is 0 Å². The van der Waals surface area contributed by atoms with Gasteiger partial charge in [-0.05, 0) is 20.8 Å². The highest BCUT2D eigenvalue weighted by Gasteiger charge is 2.40. The average Bonchev–Trinajstić information content (AvgIpc) is 2.79. The zero-order valence-corrected chi connectivity index (χ0v) is 12.8. The van der Waals surface area contributed by atoms with Gasteiger partial charge in [-0.1, -0.05) is 11.3 Å². The summed E-state index contributed by atoms with van der Waals surface area (Å²) >= 11 is 1.55. The van der Waals surface area contributed by atoms with E-state index >= 15 is 0 Å². The second-order valence-electron chi connectivity index (χ2n) is 5.24. The van der Waals surface area contributed by atoms with Crippen LogP contribution in [0.15, 0.2) is 0 Å². The number of piperazine rings is 1. The molecule has 1 saturated heterocycles. The first-order valence-electron chi connectivity index (χ1n) is 6.52. The zero-order valence-electron chi connectivity index (χ0n) is 11.9. The molecule has 0 aliphatic carbocycles. The minimum absolute atomic E-state index is 0.162. The molecule has 1 aliphatic heterocycles. The number of aromatic nitrogens is 2. The average molecular weight is 283 g/mol. The summed E-state index contributed by atoms with van der Waals surface area (Å²) in [5, 5.41) is 13.2. The van der Waals surface area contributed by atoms with Gasteiger partial charge in [0.2, 0.25) is 11.0 Å². The summed E-state index contributed by atoms with van der Waals surface area (Å²) in [5.74, 6) is 0.162. The van der Waals surface area contributed by atoms with Crippen LogP contribution < -0.4 is 5.32 Å². The van der Waals surface area contributed by atoms with Crippen LogP contribution >= 0.6 is 11.3 Å². The molecule has 0 unspecified atom stereocenters. The van der Waals surface area contributed by atoms with E-state index in [4.69, 9.17) is 0 Å². The number of anilines is 1. The Kier molecular flexibility index (Phi) is 4.05. The Labute approximate surface area is 117 Å². The Balaban J connectivity index is 2.07. The molecule has 2 heterocycles. The van der Waals surface area contributed by atoms with Crippen molar-refractivity contribution in [1.82, 2.24) is 20.0 Å². The fourth-order valence-electron chi connectivity index (χ4n) is 2.23. The Morgan fingerprint density at radius 1 is 1.37 bits per heavy atom. The lowest BCUT2D eigenvalue weighted by Gasteiger charge is -2.44. The second kappa shape index (κ2) is 5.42. The van der Waals surface area contributed by atoms with Crippen molar-refractivity contribution in [3.8, 4) is 0 Å². The standard InChI is InChI=1S/C12H21N5OS/c1-5-13-11-15-14-9(19-11)8-17-7-6-16(4)10(18)12(17,2)3/h5-8H2,1-4H3,(H,13,15). The fourth-order valence-corrected chi connectivity index (χ4v) is 3.06. The molecule has 0 atom stereocenters. The number of nitrogens with zero attached hydrogens (tertiary/aromatic N) is 4. The maximum Gasteiger partial charge on any atom is 0.242 e. The summed E-state index contributed by atoms with van der Waals surface area (Å²) in [5.41, 5.74) is -0.475. The Morgan fingerprint density at radius 2 is 2.11 bits per heavy atom. The smallest absolute Gasteiger partial charge is 0.242 e. The zero-order chi connectivity index (χ0) is 14.0. The molecule has 0 saturated carbocycles. The lowest BCUT2D eigenvalue weighted by atomic mass is 9.98. The molecular weight excluding hydrogens is 262 g/mol. The minimum Gasteiger partial charge on any atom is -0.360 e. The molecule has 0 spiro atoms. The molecule has 1 aromatic heterocycles. The van der Waals surface area contributed by atoms with E-state index < -0.39 is 5.54 Å². The van der Waals surface area contributed by atoms with E-state index in [2.05, 4.69) is 20.4 Å². The third-order valence-electron chi connectivity index (χ3n) is 3.49. The molecule has 1 N–H and O–H groups in total. The summed E-state index contributed by atoms with van der Waals surface area (Å²) in [6.07, 6.45) is 0. The Bertz CT molecular complexity index is 459. The minimum atomic E-state index is -0.475. The third kappa shape index (κ3) is 2.87. The van der Waals surface area contributed by atoms with Gasteiger partial charge >= 0.3 is 0 Å². The number of hydrogen-bond acceptors (Lipinski definition) is 6. The van der Waals surface area contributed by atoms with Gasteiger partial charge in [0.1, 0.15) is 5.01 Å². The first-order valence-corrected chi connectivity index (χ1v) is 7.33. The highest BCUT2D eigenvalue weighted by molar-refractivity contribution is 7.15. The van der Waals surface area contributed by atoms with E-state index in [0.717, 1.165) is 29.8 Å². The molecule has 1 amide bonds. The number of carbonyl (C=O) groups excluding carboxylic acids is 1. The highest BCUT2D eigenvalue weighted by Crippen LogP contribution is 2.25. The summed E-state index contributed by atoms with van der Waals surface area (Å²) in [6.45, 7) is 9.12. The first-order chi connectivity index (χ1) is 8.95. The van der Waals surface area contributed by atoms with Crippen LogP contribution in [0, 0.1) is 0 Å². The monoisotopic (exact) mass is 283 g/mol. The van der Waals surface area contributed by atoms with Crippen LogP contribution in [-0.2, 0) is 11.3 Å². The van der Waals surface area contributed by atoms with Gasteiger partial charge in [-0.2, -0.15) is 0 Å². The van der Waals surface area contributed by atoms with E-state index in [-0.39, 0.29) is 5.91 Å². The molecule has 19 heavy (non-hydrogen) atoms. The van der Waals surface area contributed by atoms with Crippen molar-refractivity contribution in [2.24, 2.45) is 0 Å². The molecule has 1 fully saturated rings. The Hall–Kier alpha value is -1.21. The summed E-state index contributed by atoms with van der Waals surface area (Å²) in [6, 6.07) is 0. The normalized spacial score (nSPS) is 19.8. The molecular formula is C12H21N5OS. The number of likely N-dealkylation sites (N-methyl/N-ethyl adjacent to an activating group) is 1. The lowest BCUT2D eigenvalue weighted by Crippen LogP contribution is -2.61. The van der Waals surface area contributed by atoms with Gasteiger partial charge in [0.05, 0.1) is 12.1 Å². The van der Waals surface area contributed by atoms with E-state index in [1.807, 2.05) is 27.8 Å². The molecule has 0 radical (unpaired) electrons. The largest absolute Gasteiger partial charge is 0.360 e. The molecule has 6 nitrogen and oxygen atoms in total. The Morgan fingerprint density at radius 3 is 2.79 bits per heavy atom. The topological polar surface area (TPSA) is 61.4 Å². The predicted octanol–water partition coefficient (Wildman–Crippen LogP) is 1.02. The van der Waals surface area contributed by atoms with Crippen molar-refractivity contribution in [2.45, 2.75) is 32.9 Å². The van der Waals surface area contributed by atoms with Crippen molar-refractivity contribution < 1.29 is 4.79 Å². The van der Waals surface area contributed by atoms with Gasteiger partial charge in [0.25, 0.3) is 0 Å². The van der Waals surface area contributed by atoms with Gasteiger partial charge in [-0.15, -0.1) is 10.2 Å². The number of rotatable bonds is 4. The number of amides is 1. The van der Waals surface area contributed by atoms with Crippen molar-refractivity contribution in [3.05, 3.63) is 5.01 Å². The SMILES string of the molecule is CCNc1nnc(CN2CCN(C)C(=O)C2(C)C)s1. The molecule has 0 aromatic carbocycles. The number of hydrogen-bond donors (Lipinski definition) is 1. The van der Waals surface area contributed by atoms with E-state index in [0.29, 0.717) is 6.54 Å². The molecule has 7 heteroatoms. The van der Waals surface area contributed by atoms with Gasteiger partial charge in [-0.3, -0.25) is 9.69 Å². The second-order valence-corrected chi connectivity index (χ2v) is 6.30. The fraction of sp³-hybridized carbons (Fsp3) is 0.750. The highest BCUT2D eigenvalue weighted by atomic mass is 32.1. The van der Waals surface area contributed by atoms with Crippen LogP contribution in [-0.4, -0.2) is 58.1 Å². The third-order valence-corrected chi connectivity index (χ3v) is 4.35. The molecule has 0 bridgehead atoms. The lowest BCUT2D eigenvalue weighted by molar-refractivity contribution is -0.147. The van der Waals surface area contributed by atoms with E-state index in [9.17, 15) is 4.79 Å². The maximum atomic E-state index is 12.2. The van der Waals surface area contributed by atoms with Gasteiger partial charge in [0, 0.05) is 26.7 Å². The number of carbonyl (C=O) groups is 1. The van der Waals surface area contributed by atoms with Crippen LogP contribution in [0.3, 0.4) is 0 Å². The molecule has 1 aliphatic rings. The summed E-state index contributed by atoms with van der Waals surface area (Å²) in [4.78, 5) is 16.2. The quantitative estimate of drug-likeness (QED) is 0.894. The van der Waals surface area contributed by atoms with Crippen LogP contribution in [0.4, 0.5) is 5.13 Å². The molecule has 106 valence electrons. The van der Waals surface area contributed by atoms with E-state index in [1.54, 1.807) is 16.2 Å². The maximum absolute atomic E-state index is 12.2. The van der Waals surface area contributed by atoms with E-state index in [1.165, 1.54) is 0 Å². The predicted molar refractivity (Wildman–Crippen MR) is 76.2 cm³/mol. The van der Waals surface area contributed by atoms with Crippen LogP contribution in [0.5, 0.6) is 0 Å². The summed E-state index contributed by atoms with van der Waals surface area (Å²) < 4.78 is 0. The van der Waals surface area contributed by atoms with Crippen molar-refractivity contribution in [2.75, 3.05) is 32.0 Å². The summed E-state index contributed by atoms with van der Waals surface area (Å²) in [7, 11) is 1.86. The molecule has 2 rings (SSSR count). The number of nitrogens with one attached hydrogen (secondary N) is 1. The van der Waals surface area contributed by atoms with Gasteiger partial charge in [0.15, 0.2) is 0 Å². The molecule has 1 aromatic rings. The van der Waals surface area contributed by atoms with Crippen LogP contribution in [0.2, 0.25) is 0 Å². The van der Waals surface area contributed by atoms with Crippen molar-refractivity contribution in [1.29, 1.82) is 0 Å². The van der Waals surface area contributed by atoms with Gasteiger partial charge < -0.3 is 10.2 Å². The van der Waals surface area contributed by atoms with Crippen molar-refractivity contribution in [3.63, 3.8) is 0 Å². The van der Waals surface area contributed by atoms with Gasteiger partial charge in [-0.25, -0.2) is 0 Å². The van der Waals surface area contributed by atoms with Crippen LogP contribution in [0.1, 0.15) is 25.8 Å². The van der Waals surface area contributed by atoms with Crippen molar-refractivity contribution >= 4 is 22.4 Å².